The van der Waals surface area contributed by atoms with Crippen LogP contribution in [0.2, 0.25) is 0 Å². The van der Waals surface area contributed by atoms with E-state index in [4.69, 9.17) is 5.11 Å². The van der Waals surface area contributed by atoms with E-state index in [9.17, 15) is 14.9 Å². The minimum absolute atomic E-state index is 0.162. The quantitative estimate of drug-likeness (QED) is 0.656. The molecule has 1 aromatic heterocycles. The number of nitrogens with zero attached hydrogens (tertiary/aromatic N) is 3. The molecule has 0 aromatic carbocycles. The minimum Gasteiger partial charge on any atom is -0.478 e. The highest BCUT2D eigenvalue weighted by Gasteiger charge is 2.29. The highest BCUT2D eigenvalue weighted by atomic mass is 16.6. The van der Waals surface area contributed by atoms with Crippen LogP contribution in [0, 0.1) is 16.0 Å². The third kappa shape index (κ3) is 2.87. The SMILES string of the molecule is CCCC1CCN(c2ncc(C(=O)O)cc2[N+](=O)[O-])C1. The maximum Gasteiger partial charge on any atom is 0.337 e. The van der Waals surface area contributed by atoms with Crippen molar-refractivity contribution in [1.82, 2.24) is 4.98 Å². The summed E-state index contributed by atoms with van der Waals surface area (Å²) in [6.45, 7) is 3.59. The van der Waals surface area contributed by atoms with E-state index in [1.165, 1.54) is 6.20 Å². The fourth-order valence-electron chi connectivity index (χ4n) is 2.61. The first-order chi connectivity index (χ1) is 9.52. The van der Waals surface area contributed by atoms with Crippen LogP contribution in [-0.4, -0.2) is 34.1 Å². The van der Waals surface area contributed by atoms with Crippen molar-refractivity contribution in [3.63, 3.8) is 0 Å². The lowest BCUT2D eigenvalue weighted by Gasteiger charge is -2.17. The van der Waals surface area contributed by atoms with Gasteiger partial charge in [-0.05, 0) is 18.8 Å². The second-order valence-corrected chi connectivity index (χ2v) is 5.02. The van der Waals surface area contributed by atoms with Gasteiger partial charge in [0.05, 0.1) is 10.5 Å². The second kappa shape index (κ2) is 5.85. The van der Waals surface area contributed by atoms with Crippen LogP contribution >= 0.6 is 0 Å². The normalized spacial score (nSPS) is 18.2. The molecule has 1 aliphatic rings. The van der Waals surface area contributed by atoms with Crippen LogP contribution in [0.5, 0.6) is 0 Å². The zero-order chi connectivity index (χ0) is 14.7. The molecule has 0 bridgehead atoms. The molecule has 1 saturated heterocycles. The lowest BCUT2D eigenvalue weighted by Crippen LogP contribution is -2.22. The molecule has 2 heterocycles. The Labute approximate surface area is 116 Å². The summed E-state index contributed by atoms with van der Waals surface area (Å²) in [5, 5.41) is 20.0. The average molecular weight is 279 g/mol. The van der Waals surface area contributed by atoms with E-state index in [0.29, 0.717) is 5.92 Å². The summed E-state index contributed by atoms with van der Waals surface area (Å²) < 4.78 is 0. The topological polar surface area (TPSA) is 96.6 Å². The Kier molecular flexibility index (Phi) is 4.16. The van der Waals surface area contributed by atoms with Gasteiger partial charge in [0.25, 0.3) is 0 Å². The molecule has 20 heavy (non-hydrogen) atoms. The number of rotatable bonds is 5. The smallest absolute Gasteiger partial charge is 0.337 e. The molecule has 1 N–H and O–H groups in total. The van der Waals surface area contributed by atoms with Gasteiger partial charge in [0.1, 0.15) is 0 Å². The number of nitro groups is 1. The van der Waals surface area contributed by atoms with E-state index in [2.05, 4.69) is 11.9 Å². The number of carboxylic acid groups (broad SMARTS) is 1. The Hall–Kier alpha value is -2.18. The molecule has 1 unspecified atom stereocenters. The highest BCUT2D eigenvalue weighted by Crippen LogP contribution is 2.32. The van der Waals surface area contributed by atoms with Crippen molar-refractivity contribution >= 4 is 17.5 Å². The zero-order valence-electron chi connectivity index (χ0n) is 11.3. The molecule has 2 rings (SSSR count). The van der Waals surface area contributed by atoms with Gasteiger partial charge < -0.3 is 10.0 Å². The predicted octanol–water partition coefficient (Wildman–Crippen LogP) is 2.31. The van der Waals surface area contributed by atoms with Gasteiger partial charge in [-0.25, -0.2) is 9.78 Å². The van der Waals surface area contributed by atoms with Crippen LogP contribution in [0.4, 0.5) is 11.5 Å². The van der Waals surface area contributed by atoms with Crippen LogP contribution in [0.1, 0.15) is 36.5 Å². The summed E-state index contributed by atoms with van der Waals surface area (Å²) in [5.41, 5.74) is -0.396. The van der Waals surface area contributed by atoms with E-state index in [1.807, 2.05) is 4.90 Å². The zero-order valence-corrected chi connectivity index (χ0v) is 11.3. The van der Waals surface area contributed by atoms with Crippen LogP contribution in [0.25, 0.3) is 0 Å². The highest BCUT2D eigenvalue weighted by molar-refractivity contribution is 5.88. The van der Waals surface area contributed by atoms with Gasteiger partial charge in [0.2, 0.25) is 5.82 Å². The number of anilines is 1. The summed E-state index contributed by atoms with van der Waals surface area (Å²) in [4.78, 5) is 27.3. The Morgan fingerprint density at radius 3 is 3.00 bits per heavy atom. The lowest BCUT2D eigenvalue weighted by molar-refractivity contribution is -0.384. The fraction of sp³-hybridized carbons (Fsp3) is 0.538. The molecule has 1 aliphatic heterocycles. The molecule has 1 fully saturated rings. The summed E-state index contributed by atoms with van der Waals surface area (Å²) in [5.74, 6) is -0.406. The molecule has 0 radical (unpaired) electrons. The van der Waals surface area contributed by atoms with E-state index >= 15 is 0 Å². The van der Waals surface area contributed by atoms with Crippen molar-refractivity contribution in [1.29, 1.82) is 0 Å². The first-order valence-electron chi connectivity index (χ1n) is 6.65. The van der Waals surface area contributed by atoms with E-state index in [1.54, 1.807) is 0 Å². The van der Waals surface area contributed by atoms with E-state index < -0.39 is 10.9 Å². The van der Waals surface area contributed by atoms with Crippen LogP contribution in [0.3, 0.4) is 0 Å². The Morgan fingerprint density at radius 1 is 1.65 bits per heavy atom. The van der Waals surface area contributed by atoms with Crippen LogP contribution in [0.15, 0.2) is 12.3 Å². The van der Waals surface area contributed by atoms with Gasteiger partial charge in [-0.2, -0.15) is 0 Å². The first kappa shape index (κ1) is 14.2. The first-order valence-corrected chi connectivity index (χ1v) is 6.65. The Morgan fingerprint density at radius 2 is 2.40 bits per heavy atom. The third-order valence-electron chi connectivity index (χ3n) is 3.57. The molecule has 0 aliphatic carbocycles. The number of hydrogen-bond acceptors (Lipinski definition) is 5. The molecule has 0 amide bonds. The van der Waals surface area contributed by atoms with E-state index in [-0.39, 0.29) is 17.1 Å². The Bertz CT molecular complexity index is 532. The third-order valence-corrected chi connectivity index (χ3v) is 3.57. The standard InChI is InChI=1S/C13H17N3O4/c1-2-3-9-4-5-15(8-9)12-11(16(19)20)6-10(7-14-12)13(17)18/h6-7,9H,2-5,8H2,1H3,(H,17,18). The van der Waals surface area contributed by atoms with Gasteiger partial charge in [0.15, 0.2) is 0 Å². The maximum atomic E-state index is 11.1. The molecule has 7 heteroatoms. The van der Waals surface area contributed by atoms with Crippen molar-refractivity contribution in [3.05, 3.63) is 27.9 Å². The number of pyridine rings is 1. The van der Waals surface area contributed by atoms with Crippen molar-refractivity contribution in [2.75, 3.05) is 18.0 Å². The minimum atomic E-state index is -1.21. The van der Waals surface area contributed by atoms with Gasteiger partial charge in [-0.3, -0.25) is 10.1 Å². The number of aromatic nitrogens is 1. The van der Waals surface area contributed by atoms with E-state index in [0.717, 1.165) is 38.4 Å². The summed E-state index contributed by atoms with van der Waals surface area (Å²) in [6, 6.07) is 1.08. The molecular formula is C13H17N3O4. The number of aromatic carboxylic acids is 1. The fourth-order valence-corrected chi connectivity index (χ4v) is 2.61. The maximum absolute atomic E-state index is 11.1. The van der Waals surface area contributed by atoms with Crippen LogP contribution < -0.4 is 4.90 Å². The summed E-state index contributed by atoms with van der Waals surface area (Å²) in [7, 11) is 0. The monoisotopic (exact) mass is 279 g/mol. The van der Waals surface area contributed by atoms with Crippen molar-refractivity contribution in [3.8, 4) is 0 Å². The Balaban J connectivity index is 2.28. The van der Waals surface area contributed by atoms with Gasteiger partial charge >= 0.3 is 11.7 Å². The van der Waals surface area contributed by atoms with Gasteiger partial charge in [0, 0.05) is 25.4 Å². The van der Waals surface area contributed by atoms with Gasteiger partial charge in [-0.1, -0.05) is 13.3 Å². The molecule has 0 saturated carbocycles. The van der Waals surface area contributed by atoms with Crippen molar-refractivity contribution < 1.29 is 14.8 Å². The summed E-state index contributed by atoms with van der Waals surface area (Å²) in [6.07, 6.45) is 4.36. The number of carboxylic acids is 1. The molecule has 108 valence electrons. The number of hydrogen-bond donors (Lipinski definition) is 1. The second-order valence-electron chi connectivity index (χ2n) is 5.02. The average Bonchev–Trinajstić information content (AvgIpc) is 2.86. The molecular weight excluding hydrogens is 262 g/mol. The predicted molar refractivity (Wildman–Crippen MR) is 73.1 cm³/mol. The lowest BCUT2D eigenvalue weighted by atomic mass is 10.0. The molecule has 1 atom stereocenters. The van der Waals surface area contributed by atoms with Crippen molar-refractivity contribution in [2.24, 2.45) is 5.92 Å². The molecule has 7 nitrogen and oxygen atoms in total. The summed E-state index contributed by atoms with van der Waals surface area (Å²) >= 11 is 0. The van der Waals surface area contributed by atoms with Gasteiger partial charge in [-0.15, -0.1) is 0 Å². The van der Waals surface area contributed by atoms with Crippen LogP contribution in [-0.2, 0) is 0 Å². The molecule has 0 spiro atoms. The van der Waals surface area contributed by atoms with Crippen molar-refractivity contribution in [2.45, 2.75) is 26.2 Å². The molecule has 1 aromatic rings. The number of carbonyl (C=O) groups is 1. The largest absolute Gasteiger partial charge is 0.478 e.